The quantitative estimate of drug-likeness (QED) is 0.773. The van der Waals surface area contributed by atoms with Crippen molar-refractivity contribution in [2.45, 2.75) is 18.7 Å². The molecule has 0 aliphatic heterocycles. The van der Waals surface area contributed by atoms with Crippen LogP contribution < -0.4 is 9.04 Å². The second-order valence-corrected chi connectivity index (χ2v) is 7.60. The molecule has 0 unspecified atom stereocenters. The highest BCUT2D eigenvalue weighted by atomic mass is 35.5. The minimum Gasteiger partial charge on any atom is -0.495 e. The van der Waals surface area contributed by atoms with Crippen molar-refractivity contribution in [1.82, 2.24) is 0 Å². The summed E-state index contributed by atoms with van der Waals surface area (Å²) in [5.41, 5.74) is 1.37. The molecule has 0 heterocycles. The molecule has 0 aliphatic carbocycles. The molecule has 0 fully saturated rings. The van der Waals surface area contributed by atoms with E-state index in [9.17, 15) is 8.42 Å². The number of nitrogens with zero attached hydrogens (tertiary/aromatic N) is 1. The molecule has 0 bridgehead atoms. The van der Waals surface area contributed by atoms with E-state index in [1.54, 1.807) is 25.1 Å². The number of rotatable bonds is 5. The lowest BCUT2D eigenvalue weighted by Gasteiger charge is -2.25. The molecule has 7 heteroatoms. The summed E-state index contributed by atoms with van der Waals surface area (Å²) in [5, 5.41) is 0.722. The number of benzene rings is 2. The van der Waals surface area contributed by atoms with Gasteiger partial charge in [-0.25, -0.2) is 8.42 Å². The average Bonchev–Trinajstić information content (AvgIpc) is 2.51. The van der Waals surface area contributed by atoms with E-state index in [2.05, 4.69) is 0 Å². The van der Waals surface area contributed by atoms with Gasteiger partial charge in [0.05, 0.1) is 22.7 Å². The number of hydrogen-bond acceptors (Lipinski definition) is 3. The number of methoxy groups -OCH3 is 1. The second-order valence-electron chi connectivity index (χ2n) is 4.90. The van der Waals surface area contributed by atoms with Crippen LogP contribution in [0.1, 0.15) is 12.5 Å². The van der Waals surface area contributed by atoms with Gasteiger partial charge in [0.1, 0.15) is 5.75 Å². The van der Waals surface area contributed by atoms with Crippen molar-refractivity contribution >= 4 is 38.9 Å². The van der Waals surface area contributed by atoms with Crippen LogP contribution in [0, 0.1) is 6.92 Å². The first-order valence-corrected chi connectivity index (χ1v) is 9.13. The summed E-state index contributed by atoms with van der Waals surface area (Å²) in [5.74, 6) is 0.424. The van der Waals surface area contributed by atoms with Gasteiger partial charge in [0, 0.05) is 11.6 Å². The van der Waals surface area contributed by atoms with Gasteiger partial charge in [0.25, 0.3) is 10.0 Å². The van der Waals surface area contributed by atoms with Crippen LogP contribution >= 0.6 is 23.2 Å². The molecule has 0 aromatic heterocycles. The summed E-state index contributed by atoms with van der Waals surface area (Å²) >= 11 is 12.1. The smallest absolute Gasteiger partial charge is 0.264 e. The first kappa shape index (κ1) is 17.9. The number of ether oxygens (including phenoxy) is 1. The summed E-state index contributed by atoms with van der Waals surface area (Å²) in [6.45, 7) is 3.88. The van der Waals surface area contributed by atoms with Crippen LogP contribution in [-0.2, 0) is 10.0 Å². The largest absolute Gasteiger partial charge is 0.495 e. The van der Waals surface area contributed by atoms with Crippen molar-refractivity contribution in [2.24, 2.45) is 0 Å². The number of sulfonamides is 1. The SMILES string of the molecule is CCN(c1cc(Cl)ccc1C)S(=O)(=O)c1ccc(OC)c(Cl)c1. The fourth-order valence-electron chi connectivity index (χ4n) is 2.26. The van der Waals surface area contributed by atoms with Gasteiger partial charge in [-0.05, 0) is 49.7 Å². The molecule has 0 spiro atoms. The van der Waals surface area contributed by atoms with Crippen LogP contribution in [0.2, 0.25) is 10.0 Å². The Morgan fingerprint density at radius 2 is 1.83 bits per heavy atom. The summed E-state index contributed by atoms with van der Waals surface area (Å²) in [4.78, 5) is 0.101. The highest BCUT2D eigenvalue weighted by molar-refractivity contribution is 7.92. The molecule has 2 rings (SSSR count). The maximum Gasteiger partial charge on any atom is 0.264 e. The normalized spacial score (nSPS) is 11.3. The van der Waals surface area contributed by atoms with Crippen molar-refractivity contribution in [3.05, 3.63) is 52.0 Å². The third-order valence-corrected chi connectivity index (χ3v) is 5.85. The van der Waals surface area contributed by atoms with Gasteiger partial charge in [-0.1, -0.05) is 29.3 Å². The van der Waals surface area contributed by atoms with Crippen molar-refractivity contribution < 1.29 is 13.2 Å². The molecule has 0 atom stereocenters. The van der Waals surface area contributed by atoms with E-state index in [0.717, 1.165) is 5.56 Å². The van der Waals surface area contributed by atoms with Crippen molar-refractivity contribution in [3.63, 3.8) is 0 Å². The molecule has 2 aromatic carbocycles. The van der Waals surface area contributed by atoms with Gasteiger partial charge in [-0.2, -0.15) is 0 Å². The lowest BCUT2D eigenvalue weighted by Crippen LogP contribution is -2.31. The van der Waals surface area contributed by atoms with E-state index in [0.29, 0.717) is 16.5 Å². The van der Waals surface area contributed by atoms with E-state index >= 15 is 0 Å². The van der Waals surface area contributed by atoms with Gasteiger partial charge < -0.3 is 4.74 Å². The predicted molar refractivity (Wildman–Crippen MR) is 94.4 cm³/mol. The fraction of sp³-hybridized carbons (Fsp3) is 0.250. The van der Waals surface area contributed by atoms with Crippen LogP contribution in [-0.4, -0.2) is 22.1 Å². The van der Waals surface area contributed by atoms with Crippen molar-refractivity contribution in [3.8, 4) is 5.75 Å². The van der Waals surface area contributed by atoms with Crippen molar-refractivity contribution in [2.75, 3.05) is 18.0 Å². The van der Waals surface area contributed by atoms with E-state index in [1.165, 1.54) is 29.6 Å². The molecule has 0 saturated carbocycles. The first-order valence-electron chi connectivity index (χ1n) is 6.93. The fourth-order valence-corrected chi connectivity index (χ4v) is 4.30. The van der Waals surface area contributed by atoms with E-state index in [1.807, 2.05) is 6.92 Å². The third kappa shape index (κ3) is 3.57. The van der Waals surface area contributed by atoms with Crippen LogP contribution in [0.15, 0.2) is 41.3 Å². The zero-order valence-corrected chi connectivity index (χ0v) is 15.3. The van der Waals surface area contributed by atoms with Crippen molar-refractivity contribution in [1.29, 1.82) is 0 Å². The van der Waals surface area contributed by atoms with Gasteiger partial charge in [-0.15, -0.1) is 0 Å². The van der Waals surface area contributed by atoms with E-state index < -0.39 is 10.0 Å². The van der Waals surface area contributed by atoms with Gasteiger partial charge in [0.2, 0.25) is 0 Å². The summed E-state index contributed by atoms with van der Waals surface area (Å²) in [6, 6.07) is 9.56. The Morgan fingerprint density at radius 3 is 2.39 bits per heavy atom. The molecule has 0 aliphatic rings. The maximum atomic E-state index is 13.0. The number of hydrogen-bond donors (Lipinski definition) is 0. The zero-order chi connectivity index (χ0) is 17.2. The molecule has 4 nitrogen and oxygen atoms in total. The minimum absolute atomic E-state index is 0.101. The van der Waals surface area contributed by atoms with Crippen LogP contribution in [0.3, 0.4) is 0 Å². The van der Waals surface area contributed by atoms with Gasteiger partial charge >= 0.3 is 0 Å². The summed E-state index contributed by atoms with van der Waals surface area (Å²) in [7, 11) is -2.28. The third-order valence-electron chi connectivity index (χ3n) is 3.44. The average molecular weight is 374 g/mol. The van der Waals surface area contributed by atoms with E-state index in [-0.39, 0.29) is 16.5 Å². The van der Waals surface area contributed by atoms with Gasteiger partial charge in [-0.3, -0.25) is 4.31 Å². The molecule has 0 amide bonds. The topological polar surface area (TPSA) is 46.6 Å². The van der Waals surface area contributed by atoms with Gasteiger partial charge in [0.15, 0.2) is 0 Å². The molecule has 2 aromatic rings. The minimum atomic E-state index is -3.76. The Hall–Kier alpha value is -1.43. The predicted octanol–water partition coefficient (Wildman–Crippen LogP) is 4.53. The summed E-state index contributed by atoms with van der Waals surface area (Å²) in [6.07, 6.45) is 0. The Labute approximate surface area is 146 Å². The molecule has 0 radical (unpaired) electrons. The molecule has 124 valence electrons. The molecular weight excluding hydrogens is 357 g/mol. The number of anilines is 1. The van der Waals surface area contributed by atoms with Crippen LogP contribution in [0.4, 0.5) is 5.69 Å². The monoisotopic (exact) mass is 373 g/mol. The lowest BCUT2D eigenvalue weighted by molar-refractivity contribution is 0.414. The second kappa shape index (κ2) is 6.99. The Morgan fingerprint density at radius 1 is 1.13 bits per heavy atom. The lowest BCUT2D eigenvalue weighted by atomic mass is 10.2. The van der Waals surface area contributed by atoms with Crippen LogP contribution in [0.25, 0.3) is 0 Å². The van der Waals surface area contributed by atoms with E-state index in [4.69, 9.17) is 27.9 Å². The molecule has 23 heavy (non-hydrogen) atoms. The molecule has 0 N–H and O–H groups in total. The summed E-state index contributed by atoms with van der Waals surface area (Å²) < 4.78 is 32.3. The number of aryl methyl sites for hydroxylation is 1. The maximum absolute atomic E-state index is 13.0. The Bertz CT molecular complexity index is 822. The Balaban J connectivity index is 2.55. The first-order chi connectivity index (χ1) is 10.8. The molecular formula is C16H17Cl2NO3S. The highest BCUT2D eigenvalue weighted by Crippen LogP contribution is 2.32. The molecule has 0 saturated heterocycles. The Kier molecular flexibility index (Phi) is 5.45. The number of halogens is 2. The highest BCUT2D eigenvalue weighted by Gasteiger charge is 2.25. The van der Waals surface area contributed by atoms with Crippen LogP contribution in [0.5, 0.6) is 5.75 Å². The zero-order valence-electron chi connectivity index (χ0n) is 13.0. The standard InChI is InChI=1S/C16H17Cl2NO3S/c1-4-19(15-9-12(17)6-5-11(15)2)23(20,21)13-7-8-16(22-3)14(18)10-13/h5-10H,4H2,1-3H3.